The molecular weight excluding hydrogens is 214 g/mol. The van der Waals surface area contributed by atoms with Crippen LogP contribution in [0.15, 0.2) is 0 Å². The van der Waals surface area contributed by atoms with Crippen LogP contribution in [-0.4, -0.2) is 32.6 Å². The smallest absolute Gasteiger partial charge is 0.158 e. The molecule has 3 heteroatoms. The molecule has 0 spiro atoms. The summed E-state index contributed by atoms with van der Waals surface area (Å²) in [4.78, 5) is 0. The van der Waals surface area contributed by atoms with E-state index in [2.05, 4.69) is 12.2 Å². The van der Waals surface area contributed by atoms with Crippen LogP contribution < -0.4 is 5.32 Å². The van der Waals surface area contributed by atoms with Gasteiger partial charge in [-0.3, -0.25) is 0 Å². The maximum atomic E-state index is 5.52. The predicted octanol–water partition coefficient (Wildman–Crippen LogP) is 2.95. The van der Waals surface area contributed by atoms with Gasteiger partial charge in [0.1, 0.15) is 0 Å². The maximum Gasteiger partial charge on any atom is 0.158 e. The van der Waals surface area contributed by atoms with E-state index in [0.717, 1.165) is 32.7 Å². The van der Waals surface area contributed by atoms with Crippen molar-refractivity contribution in [1.29, 1.82) is 0 Å². The van der Waals surface area contributed by atoms with Gasteiger partial charge in [0.15, 0.2) is 6.29 Å². The molecule has 1 fully saturated rings. The van der Waals surface area contributed by atoms with Crippen molar-refractivity contribution in [3.8, 4) is 0 Å². The monoisotopic (exact) mass is 243 g/mol. The van der Waals surface area contributed by atoms with Crippen LogP contribution in [0.4, 0.5) is 0 Å². The topological polar surface area (TPSA) is 30.5 Å². The Kier molecular flexibility index (Phi) is 7.09. The highest BCUT2D eigenvalue weighted by Crippen LogP contribution is 2.42. The molecule has 0 aromatic carbocycles. The van der Waals surface area contributed by atoms with E-state index >= 15 is 0 Å². The summed E-state index contributed by atoms with van der Waals surface area (Å²) in [6.07, 6.45) is 6.43. The maximum absolute atomic E-state index is 5.52. The average Bonchev–Trinajstić information content (AvgIpc) is 2.27. The molecule has 102 valence electrons. The number of ether oxygens (including phenoxy) is 2. The Bertz CT molecular complexity index is 181. The summed E-state index contributed by atoms with van der Waals surface area (Å²) >= 11 is 0. The second-order valence-corrected chi connectivity index (χ2v) is 5.01. The second kappa shape index (κ2) is 8.06. The SMILES string of the molecule is CCOC(CCNCC1(CC)CCC1)OCC. The van der Waals surface area contributed by atoms with Crippen molar-refractivity contribution in [3.05, 3.63) is 0 Å². The van der Waals surface area contributed by atoms with Gasteiger partial charge in [-0.1, -0.05) is 13.3 Å². The summed E-state index contributed by atoms with van der Waals surface area (Å²) in [6, 6.07) is 0. The van der Waals surface area contributed by atoms with E-state index in [0.29, 0.717) is 5.41 Å². The Morgan fingerprint density at radius 1 is 1.12 bits per heavy atom. The van der Waals surface area contributed by atoms with Gasteiger partial charge in [0.05, 0.1) is 0 Å². The predicted molar refractivity (Wildman–Crippen MR) is 71.1 cm³/mol. The number of hydrogen-bond donors (Lipinski definition) is 1. The largest absolute Gasteiger partial charge is 0.353 e. The zero-order chi connectivity index (χ0) is 12.6. The van der Waals surface area contributed by atoms with Crippen molar-refractivity contribution in [3.63, 3.8) is 0 Å². The summed E-state index contributed by atoms with van der Waals surface area (Å²) in [7, 11) is 0. The standard InChI is InChI=1S/C14H29NO2/c1-4-14(9-7-10-14)12-15-11-8-13(16-5-2)17-6-3/h13,15H,4-12H2,1-3H3. The van der Waals surface area contributed by atoms with E-state index in [1.54, 1.807) is 0 Å². The fraction of sp³-hybridized carbons (Fsp3) is 1.00. The summed E-state index contributed by atoms with van der Waals surface area (Å²) in [5.41, 5.74) is 0.604. The van der Waals surface area contributed by atoms with E-state index in [-0.39, 0.29) is 6.29 Å². The third kappa shape index (κ3) is 4.94. The van der Waals surface area contributed by atoms with Crippen LogP contribution in [-0.2, 0) is 9.47 Å². The Morgan fingerprint density at radius 3 is 2.18 bits per heavy atom. The lowest BCUT2D eigenvalue weighted by molar-refractivity contribution is -0.138. The van der Waals surface area contributed by atoms with Crippen molar-refractivity contribution in [2.24, 2.45) is 5.41 Å². The minimum atomic E-state index is -0.0310. The highest BCUT2D eigenvalue weighted by molar-refractivity contribution is 4.88. The van der Waals surface area contributed by atoms with Gasteiger partial charge in [-0.15, -0.1) is 0 Å². The minimum absolute atomic E-state index is 0.0310. The molecule has 1 aliphatic rings. The van der Waals surface area contributed by atoms with Crippen LogP contribution in [0.25, 0.3) is 0 Å². The van der Waals surface area contributed by atoms with E-state index in [1.807, 2.05) is 13.8 Å². The summed E-state index contributed by atoms with van der Waals surface area (Å²) < 4.78 is 11.0. The van der Waals surface area contributed by atoms with Crippen LogP contribution in [0.1, 0.15) is 52.9 Å². The van der Waals surface area contributed by atoms with E-state index < -0.39 is 0 Å². The van der Waals surface area contributed by atoms with E-state index in [9.17, 15) is 0 Å². The van der Waals surface area contributed by atoms with Crippen LogP contribution in [0.2, 0.25) is 0 Å². The molecule has 0 heterocycles. The molecule has 3 nitrogen and oxygen atoms in total. The molecule has 0 aromatic rings. The summed E-state index contributed by atoms with van der Waals surface area (Å²) in [5, 5.41) is 3.57. The summed E-state index contributed by atoms with van der Waals surface area (Å²) in [6.45, 7) is 9.94. The van der Waals surface area contributed by atoms with Crippen molar-refractivity contribution in [2.75, 3.05) is 26.3 Å². The number of rotatable bonds is 10. The Morgan fingerprint density at radius 2 is 1.76 bits per heavy atom. The third-order valence-corrected chi connectivity index (χ3v) is 3.93. The minimum Gasteiger partial charge on any atom is -0.353 e. The first-order valence-electron chi connectivity index (χ1n) is 7.20. The van der Waals surface area contributed by atoms with Gasteiger partial charge in [0.2, 0.25) is 0 Å². The van der Waals surface area contributed by atoms with Gasteiger partial charge in [-0.05, 0) is 45.1 Å². The van der Waals surface area contributed by atoms with Gasteiger partial charge >= 0.3 is 0 Å². The molecule has 1 rings (SSSR count). The Labute approximate surface area is 106 Å². The van der Waals surface area contributed by atoms with Crippen LogP contribution >= 0.6 is 0 Å². The zero-order valence-corrected chi connectivity index (χ0v) is 11.8. The van der Waals surface area contributed by atoms with Gasteiger partial charge in [0.25, 0.3) is 0 Å². The zero-order valence-electron chi connectivity index (χ0n) is 11.8. The molecule has 0 radical (unpaired) electrons. The van der Waals surface area contributed by atoms with Crippen LogP contribution in [0.3, 0.4) is 0 Å². The number of nitrogens with one attached hydrogen (secondary N) is 1. The molecule has 0 aromatic heterocycles. The first-order chi connectivity index (χ1) is 8.26. The molecule has 1 N–H and O–H groups in total. The molecule has 0 bridgehead atoms. The van der Waals surface area contributed by atoms with Crippen molar-refractivity contribution >= 4 is 0 Å². The molecule has 1 saturated carbocycles. The van der Waals surface area contributed by atoms with Gasteiger partial charge in [-0.2, -0.15) is 0 Å². The van der Waals surface area contributed by atoms with Crippen molar-refractivity contribution in [1.82, 2.24) is 5.32 Å². The van der Waals surface area contributed by atoms with Crippen molar-refractivity contribution < 1.29 is 9.47 Å². The normalized spacial score (nSPS) is 18.4. The highest BCUT2D eigenvalue weighted by atomic mass is 16.7. The average molecular weight is 243 g/mol. The van der Waals surface area contributed by atoms with E-state index in [4.69, 9.17) is 9.47 Å². The van der Waals surface area contributed by atoms with Crippen molar-refractivity contribution in [2.45, 2.75) is 59.2 Å². The third-order valence-electron chi connectivity index (χ3n) is 3.93. The number of hydrogen-bond acceptors (Lipinski definition) is 3. The lowest BCUT2D eigenvalue weighted by Crippen LogP contribution is -2.40. The lowest BCUT2D eigenvalue weighted by atomic mass is 9.67. The molecule has 0 amide bonds. The molecule has 0 atom stereocenters. The van der Waals surface area contributed by atoms with E-state index in [1.165, 1.54) is 25.7 Å². The molecule has 0 saturated heterocycles. The molecule has 17 heavy (non-hydrogen) atoms. The van der Waals surface area contributed by atoms with Gasteiger partial charge < -0.3 is 14.8 Å². The highest BCUT2D eigenvalue weighted by Gasteiger charge is 2.34. The van der Waals surface area contributed by atoms with Crippen LogP contribution in [0, 0.1) is 5.41 Å². The first-order valence-corrected chi connectivity index (χ1v) is 7.20. The first kappa shape index (κ1) is 14.9. The Hall–Kier alpha value is -0.120. The van der Waals surface area contributed by atoms with Crippen LogP contribution in [0.5, 0.6) is 0 Å². The van der Waals surface area contributed by atoms with Gasteiger partial charge in [-0.25, -0.2) is 0 Å². The Balaban J connectivity index is 2.08. The quantitative estimate of drug-likeness (QED) is 0.473. The molecular formula is C14H29NO2. The molecule has 0 unspecified atom stereocenters. The summed E-state index contributed by atoms with van der Waals surface area (Å²) in [5.74, 6) is 0. The lowest BCUT2D eigenvalue weighted by Gasteiger charge is -2.41. The fourth-order valence-electron chi connectivity index (χ4n) is 2.49. The van der Waals surface area contributed by atoms with Gasteiger partial charge in [0, 0.05) is 26.2 Å². The second-order valence-electron chi connectivity index (χ2n) is 5.01. The molecule has 0 aliphatic heterocycles. The molecule has 1 aliphatic carbocycles. The fourth-order valence-corrected chi connectivity index (χ4v) is 2.49.